The zero-order valence-corrected chi connectivity index (χ0v) is 21.1. The van der Waals surface area contributed by atoms with E-state index in [0.717, 1.165) is 36.8 Å². The van der Waals surface area contributed by atoms with Crippen molar-refractivity contribution in [1.82, 2.24) is 15.5 Å². The number of hydrogen-bond acceptors (Lipinski definition) is 3. The highest BCUT2D eigenvalue weighted by Gasteiger charge is 2.37. The molecule has 6 heteroatoms. The summed E-state index contributed by atoms with van der Waals surface area (Å²) in [4.78, 5) is 15.8. The van der Waals surface area contributed by atoms with E-state index < -0.39 is 6.04 Å². The number of likely N-dealkylation sites (N-methyl/N-ethyl adjacent to an activating group) is 1. The van der Waals surface area contributed by atoms with Gasteiger partial charge in [-0.25, -0.2) is 0 Å². The van der Waals surface area contributed by atoms with Crippen molar-refractivity contribution in [3.8, 4) is 0 Å². The molecule has 1 amide bonds. The highest BCUT2D eigenvalue weighted by atomic mass is 32.1. The minimum atomic E-state index is -0.489. The van der Waals surface area contributed by atoms with Gasteiger partial charge < -0.3 is 21.3 Å². The van der Waals surface area contributed by atoms with Gasteiger partial charge in [0.2, 0.25) is 5.91 Å². The van der Waals surface area contributed by atoms with Gasteiger partial charge in [0.25, 0.3) is 0 Å². The summed E-state index contributed by atoms with van der Waals surface area (Å²) in [6, 6.07) is 19.8. The predicted octanol–water partition coefficient (Wildman–Crippen LogP) is 4.38. The van der Waals surface area contributed by atoms with E-state index in [0.29, 0.717) is 5.11 Å². The molecule has 178 valence electrons. The standard InChI is InChI=1S/C27H38N4OS/c1-27(2,3)24(30-26(33)29-22-18-12-11-17-21(22)28)25(32)31(4)23(19-13-7-5-8-14-19)20-15-9-6-10-16-20/h5-10,13-16,21-24H,11-12,17-18,28H2,1-4H3,(H2,29,30,33)/t21-,22-,24?/m1/s1. The molecule has 1 unspecified atom stereocenters. The van der Waals surface area contributed by atoms with Crippen LogP contribution in [0.25, 0.3) is 0 Å². The Morgan fingerprint density at radius 3 is 2.00 bits per heavy atom. The average molecular weight is 467 g/mol. The number of nitrogens with two attached hydrogens (primary N) is 1. The average Bonchev–Trinajstić information content (AvgIpc) is 2.79. The first-order valence-electron chi connectivity index (χ1n) is 11.9. The molecule has 2 aromatic rings. The molecular weight excluding hydrogens is 428 g/mol. The van der Waals surface area contributed by atoms with Gasteiger partial charge in [-0.3, -0.25) is 4.79 Å². The molecule has 0 aromatic heterocycles. The zero-order chi connectivity index (χ0) is 24.0. The zero-order valence-electron chi connectivity index (χ0n) is 20.3. The lowest BCUT2D eigenvalue weighted by atomic mass is 9.85. The Hall–Kier alpha value is -2.44. The molecule has 0 bridgehead atoms. The van der Waals surface area contributed by atoms with Crippen LogP contribution in [0.1, 0.15) is 63.6 Å². The fourth-order valence-corrected chi connectivity index (χ4v) is 4.84. The maximum Gasteiger partial charge on any atom is 0.246 e. The summed E-state index contributed by atoms with van der Waals surface area (Å²) in [5.41, 5.74) is 8.09. The van der Waals surface area contributed by atoms with Crippen LogP contribution in [0.4, 0.5) is 0 Å². The number of carbonyl (C=O) groups is 1. The highest BCUT2D eigenvalue weighted by Crippen LogP contribution is 2.30. The molecule has 0 heterocycles. The van der Waals surface area contributed by atoms with Crippen LogP contribution in [0.3, 0.4) is 0 Å². The van der Waals surface area contributed by atoms with Gasteiger partial charge in [0, 0.05) is 19.1 Å². The molecule has 3 atom stereocenters. The van der Waals surface area contributed by atoms with E-state index in [1.807, 2.05) is 48.3 Å². The van der Waals surface area contributed by atoms with Gasteiger partial charge in [-0.05, 0) is 41.6 Å². The normalized spacial score (nSPS) is 19.6. The van der Waals surface area contributed by atoms with Crippen molar-refractivity contribution in [2.45, 2.75) is 70.6 Å². The number of thiocarbonyl (C=S) groups is 1. The largest absolute Gasteiger partial charge is 0.358 e. The Bertz CT molecular complexity index is 873. The highest BCUT2D eigenvalue weighted by molar-refractivity contribution is 7.80. The maximum absolute atomic E-state index is 13.9. The first-order valence-corrected chi connectivity index (χ1v) is 12.3. The molecule has 5 nitrogen and oxygen atoms in total. The first kappa shape index (κ1) is 25.2. The second-order valence-electron chi connectivity index (χ2n) is 10.1. The summed E-state index contributed by atoms with van der Waals surface area (Å²) in [6.07, 6.45) is 4.31. The molecule has 3 rings (SSSR count). The third kappa shape index (κ3) is 6.55. The Balaban J connectivity index is 1.83. The van der Waals surface area contributed by atoms with Crippen molar-refractivity contribution in [1.29, 1.82) is 0 Å². The van der Waals surface area contributed by atoms with Crippen LogP contribution < -0.4 is 16.4 Å². The Morgan fingerprint density at radius 1 is 1.00 bits per heavy atom. The van der Waals surface area contributed by atoms with Crippen LogP contribution in [0.2, 0.25) is 0 Å². The van der Waals surface area contributed by atoms with Gasteiger partial charge in [0.15, 0.2) is 5.11 Å². The molecule has 0 spiro atoms. The molecule has 1 saturated carbocycles. The number of rotatable bonds is 6. The van der Waals surface area contributed by atoms with Crippen LogP contribution >= 0.6 is 12.2 Å². The molecule has 1 aliphatic carbocycles. The summed E-state index contributed by atoms with van der Waals surface area (Å²) < 4.78 is 0. The van der Waals surface area contributed by atoms with Crippen LogP contribution in [0.15, 0.2) is 60.7 Å². The minimum absolute atomic E-state index is 0.00250. The molecule has 1 fully saturated rings. The number of nitrogens with zero attached hydrogens (tertiary/aromatic N) is 1. The molecular formula is C27H38N4OS. The molecule has 4 N–H and O–H groups in total. The summed E-state index contributed by atoms with van der Waals surface area (Å²) >= 11 is 5.64. The van der Waals surface area contributed by atoms with E-state index in [-0.39, 0.29) is 29.4 Å². The summed E-state index contributed by atoms with van der Waals surface area (Å²) in [5, 5.41) is 7.21. The molecule has 0 radical (unpaired) electrons. The number of carbonyl (C=O) groups excluding carboxylic acids is 1. The maximum atomic E-state index is 13.9. The lowest BCUT2D eigenvalue weighted by molar-refractivity contribution is -0.135. The Kier molecular flexibility index (Phi) is 8.49. The summed E-state index contributed by atoms with van der Waals surface area (Å²) in [5.74, 6) is -0.00250. The van der Waals surface area contributed by atoms with Crippen molar-refractivity contribution >= 4 is 23.2 Å². The topological polar surface area (TPSA) is 70.4 Å². The monoisotopic (exact) mass is 466 g/mol. The first-order chi connectivity index (χ1) is 15.7. The van der Waals surface area contributed by atoms with Gasteiger partial charge in [-0.15, -0.1) is 0 Å². The third-order valence-electron chi connectivity index (χ3n) is 6.49. The van der Waals surface area contributed by atoms with Gasteiger partial charge in [0.05, 0.1) is 6.04 Å². The van der Waals surface area contributed by atoms with Crippen molar-refractivity contribution in [2.24, 2.45) is 11.1 Å². The minimum Gasteiger partial charge on any atom is -0.358 e. The smallest absolute Gasteiger partial charge is 0.246 e. The summed E-state index contributed by atoms with van der Waals surface area (Å²) in [6.45, 7) is 6.18. The number of benzene rings is 2. The quantitative estimate of drug-likeness (QED) is 0.551. The molecule has 0 aliphatic heterocycles. The van der Waals surface area contributed by atoms with Gasteiger partial charge in [-0.1, -0.05) is 94.3 Å². The van der Waals surface area contributed by atoms with Crippen molar-refractivity contribution in [3.63, 3.8) is 0 Å². The van der Waals surface area contributed by atoms with Crippen molar-refractivity contribution < 1.29 is 4.79 Å². The third-order valence-corrected chi connectivity index (χ3v) is 6.73. The lowest BCUT2D eigenvalue weighted by Crippen LogP contribution is -2.59. The number of nitrogens with one attached hydrogen (secondary N) is 2. The molecule has 0 saturated heterocycles. The SMILES string of the molecule is CN(C(=O)C(NC(=S)N[C@@H]1CCCC[C@H]1N)C(C)(C)C)C(c1ccccc1)c1ccccc1. The van der Waals surface area contributed by atoms with Crippen LogP contribution in [0.5, 0.6) is 0 Å². The molecule has 33 heavy (non-hydrogen) atoms. The van der Waals surface area contributed by atoms with Crippen LogP contribution in [-0.4, -0.2) is 41.1 Å². The van der Waals surface area contributed by atoms with E-state index in [9.17, 15) is 4.79 Å². The predicted molar refractivity (Wildman–Crippen MR) is 140 cm³/mol. The number of hydrogen-bond donors (Lipinski definition) is 3. The fourth-order valence-electron chi connectivity index (χ4n) is 4.57. The Labute approximate surface area is 204 Å². The van der Waals surface area contributed by atoms with Crippen molar-refractivity contribution in [2.75, 3.05) is 7.05 Å². The van der Waals surface area contributed by atoms with E-state index >= 15 is 0 Å². The molecule has 2 aromatic carbocycles. The number of amides is 1. The fraction of sp³-hybridized carbons (Fsp3) is 0.481. The van der Waals surface area contributed by atoms with Gasteiger partial charge in [-0.2, -0.15) is 0 Å². The second kappa shape index (κ2) is 11.1. The Morgan fingerprint density at radius 2 is 1.52 bits per heavy atom. The van der Waals surface area contributed by atoms with E-state index in [2.05, 4.69) is 55.7 Å². The van der Waals surface area contributed by atoms with Gasteiger partial charge >= 0.3 is 0 Å². The summed E-state index contributed by atoms with van der Waals surface area (Å²) in [7, 11) is 1.88. The second-order valence-corrected chi connectivity index (χ2v) is 10.6. The van der Waals surface area contributed by atoms with Crippen molar-refractivity contribution in [3.05, 3.63) is 71.8 Å². The van der Waals surface area contributed by atoms with E-state index in [1.54, 1.807) is 0 Å². The van der Waals surface area contributed by atoms with E-state index in [1.165, 1.54) is 0 Å². The molecule has 1 aliphatic rings. The lowest BCUT2D eigenvalue weighted by Gasteiger charge is -2.38. The van der Waals surface area contributed by atoms with Gasteiger partial charge in [0.1, 0.15) is 6.04 Å². The van der Waals surface area contributed by atoms with E-state index in [4.69, 9.17) is 18.0 Å². The van der Waals surface area contributed by atoms with Crippen LogP contribution in [0, 0.1) is 5.41 Å². The van der Waals surface area contributed by atoms with Crippen LogP contribution in [-0.2, 0) is 4.79 Å².